The van der Waals surface area contributed by atoms with Gasteiger partial charge >= 0.3 is 6.36 Å². The van der Waals surface area contributed by atoms with Crippen molar-refractivity contribution < 1.29 is 17.9 Å². The number of nitriles is 1. The summed E-state index contributed by atoms with van der Waals surface area (Å²) in [4.78, 5) is 0. The van der Waals surface area contributed by atoms with Crippen LogP contribution in [0.5, 0.6) is 5.75 Å². The minimum atomic E-state index is -4.67. The summed E-state index contributed by atoms with van der Waals surface area (Å²) in [6, 6.07) is 7.67. The molecule has 2 rings (SSSR count). The van der Waals surface area contributed by atoms with Crippen LogP contribution in [0.1, 0.15) is 18.4 Å². The molecule has 1 aromatic rings. The second-order valence-corrected chi connectivity index (χ2v) is 3.77. The minimum absolute atomic E-state index is 0.259. The first-order valence-electron chi connectivity index (χ1n) is 4.73. The van der Waals surface area contributed by atoms with Crippen LogP contribution >= 0.6 is 0 Å². The normalized spacial score (nSPS) is 17.6. The number of nitrogens with zero attached hydrogens (tertiary/aromatic N) is 1. The molecule has 1 fully saturated rings. The molecule has 1 aliphatic rings. The Kier molecular flexibility index (Phi) is 2.30. The number of ether oxygens (including phenoxy) is 1. The Bertz CT molecular complexity index is 426. The number of hydrogen-bond acceptors (Lipinski definition) is 2. The van der Waals surface area contributed by atoms with Crippen molar-refractivity contribution in [2.45, 2.75) is 24.6 Å². The van der Waals surface area contributed by atoms with E-state index in [0.717, 1.165) is 18.4 Å². The number of halogens is 3. The maximum absolute atomic E-state index is 11.9. The van der Waals surface area contributed by atoms with Gasteiger partial charge in [-0.2, -0.15) is 5.26 Å². The van der Waals surface area contributed by atoms with Gasteiger partial charge in [-0.05, 0) is 30.5 Å². The van der Waals surface area contributed by atoms with Crippen LogP contribution in [-0.4, -0.2) is 6.36 Å². The number of alkyl halides is 3. The van der Waals surface area contributed by atoms with Crippen molar-refractivity contribution in [3.05, 3.63) is 29.8 Å². The average molecular weight is 227 g/mol. The van der Waals surface area contributed by atoms with Crippen LogP contribution in [0.3, 0.4) is 0 Å². The predicted octanol–water partition coefficient (Wildman–Crippen LogP) is 3.14. The first kappa shape index (κ1) is 10.8. The Labute approximate surface area is 90.3 Å². The minimum Gasteiger partial charge on any atom is -0.406 e. The van der Waals surface area contributed by atoms with Crippen molar-refractivity contribution in [1.82, 2.24) is 0 Å². The molecule has 0 heterocycles. The molecule has 0 unspecified atom stereocenters. The maximum atomic E-state index is 11.9. The van der Waals surface area contributed by atoms with E-state index >= 15 is 0 Å². The van der Waals surface area contributed by atoms with E-state index in [1.54, 1.807) is 0 Å². The van der Waals surface area contributed by atoms with Crippen molar-refractivity contribution in [2.24, 2.45) is 0 Å². The molecule has 2 nitrogen and oxygen atoms in total. The van der Waals surface area contributed by atoms with Crippen molar-refractivity contribution in [3.8, 4) is 11.8 Å². The van der Waals surface area contributed by atoms with E-state index in [4.69, 9.17) is 5.26 Å². The van der Waals surface area contributed by atoms with E-state index in [9.17, 15) is 13.2 Å². The Morgan fingerprint density at radius 1 is 1.19 bits per heavy atom. The predicted molar refractivity (Wildman–Crippen MR) is 49.7 cm³/mol. The van der Waals surface area contributed by atoms with Crippen LogP contribution in [0, 0.1) is 11.3 Å². The van der Waals surface area contributed by atoms with Gasteiger partial charge in [0.15, 0.2) is 0 Å². The second kappa shape index (κ2) is 3.41. The molecule has 0 spiro atoms. The lowest BCUT2D eigenvalue weighted by atomic mass is 9.98. The fourth-order valence-electron chi connectivity index (χ4n) is 1.57. The van der Waals surface area contributed by atoms with Crippen molar-refractivity contribution in [1.29, 1.82) is 5.26 Å². The molecule has 0 aromatic heterocycles. The monoisotopic (exact) mass is 227 g/mol. The summed E-state index contributed by atoms with van der Waals surface area (Å²) in [7, 11) is 0. The average Bonchev–Trinajstić information content (AvgIpc) is 2.97. The van der Waals surface area contributed by atoms with Crippen LogP contribution in [0.4, 0.5) is 13.2 Å². The van der Waals surface area contributed by atoms with Gasteiger partial charge in [0.05, 0.1) is 11.5 Å². The van der Waals surface area contributed by atoms with Gasteiger partial charge in [-0.1, -0.05) is 12.1 Å². The smallest absolute Gasteiger partial charge is 0.406 e. The van der Waals surface area contributed by atoms with Gasteiger partial charge < -0.3 is 4.74 Å². The Hall–Kier alpha value is -1.70. The molecule has 0 aliphatic heterocycles. The summed E-state index contributed by atoms with van der Waals surface area (Å²) >= 11 is 0. The third-order valence-electron chi connectivity index (χ3n) is 2.60. The largest absolute Gasteiger partial charge is 0.573 e. The molecule has 1 saturated carbocycles. The number of hydrogen-bond donors (Lipinski definition) is 0. The molecule has 1 aliphatic carbocycles. The van der Waals surface area contributed by atoms with Gasteiger partial charge in [0.1, 0.15) is 5.75 Å². The van der Waals surface area contributed by atoms with Crippen LogP contribution < -0.4 is 4.74 Å². The fraction of sp³-hybridized carbons (Fsp3) is 0.364. The van der Waals surface area contributed by atoms with Crippen LogP contribution in [-0.2, 0) is 5.41 Å². The standard InChI is InChI=1S/C11H8F3NO/c12-11(13,14)16-9-3-1-8(2-4-9)10(7-15)5-6-10/h1-4H,5-6H2. The molecule has 0 N–H and O–H groups in total. The van der Waals surface area contributed by atoms with Crippen molar-refractivity contribution >= 4 is 0 Å². The molecule has 84 valence electrons. The lowest BCUT2D eigenvalue weighted by Gasteiger charge is -2.10. The first-order chi connectivity index (χ1) is 7.45. The Morgan fingerprint density at radius 3 is 2.12 bits per heavy atom. The molecule has 0 atom stereocenters. The number of benzene rings is 1. The summed E-state index contributed by atoms with van der Waals surface area (Å²) in [6.45, 7) is 0. The van der Waals surface area contributed by atoms with E-state index in [1.165, 1.54) is 24.3 Å². The van der Waals surface area contributed by atoms with Gasteiger partial charge in [-0.3, -0.25) is 0 Å². The second-order valence-electron chi connectivity index (χ2n) is 3.77. The van der Waals surface area contributed by atoms with Crippen LogP contribution in [0.15, 0.2) is 24.3 Å². The van der Waals surface area contributed by atoms with Gasteiger partial charge in [0.25, 0.3) is 0 Å². The molecule has 0 amide bonds. The van der Waals surface area contributed by atoms with Crippen molar-refractivity contribution in [2.75, 3.05) is 0 Å². The zero-order valence-corrected chi connectivity index (χ0v) is 8.21. The van der Waals surface area contributed by atoms with Crippen LogP contribution in [0.25, 0.3) is 0 Å². The highest BCUT2D eigenvalue weighted by atomic mass is 19.4. The summed E-state index contributed by atoms with van der Waals surface area (Å²) in [6.07, 6.45) is -3.14. The van der Waals surface area contributed by atoms with Gasteiger partial charge in [0.2, 0.25) is 0 Å². The summed E-state index contributed by atoms with van der Waals surface area (Å²) in [5.41, 5.74) is 0.279. The lowest BCUT2D eigenvalue weighted by Crippen LogP contribution is -2.17. The molecular weight excluding hydrogens is 219 g/mol. The highest BCUT2D eigenvalue weighted by Crippen LogP contribution is 2.47. The van der Waals surface area contributed by atoms with E-state index in [-0.39, 0.29) is 5.75 Å². The molecule has 0 saturated heterocycles. The van der Waals surface area contributed by atoms with E-state index in [1.807, 2.05) is 0 Å². The zero-order valence-electron chi connectivity index (χ0n) is 8.21. The molecular formula is C11H8F3NO. The van der Waals surface area contributed by atoms with Crippen molar-refractivity contribution in [3.63, 3.8) is 0 Å². The Morgan fingerprint density at radius 2 is 1.75 bits per heavy atom. The SMILES string of the molecule is N#CC1(c2ccc(OC(F)(F)F)cc2)CC1. The first-order valence-corrected chi connectivity index (χ1v) is 4.73. The summed E-state index contributed by atoms with van der Waals surface area (Å²) < 4.78 is 39.4. The van der Waals surface area contributed by atoms with E-state index in [2.05, 4.69) is 10.8 Å². The summed E-state index contributed by atoms with van der Waals surface area (Å²) in [5.74, 6) is -0.259. The fourth-order valence-corrected chi connectivity index (χ4v) is 1.57. The van der Waals surface area contributed by atoms with Gasteiger partial charge in [-0.25, -0.2) is 0 Å². The number of rotatable bonds is 2. The third-order valence-corrected chi connectivity index (χ3v) is 2.60. The van der Waals surface area contributed by atoms with Gasteiger partial charge in [0, 0.05) is 0 Å². The van der Waals surface area contributed by atoms with Crippen LogP contribution in [0.2, 0.25) is 0 Å². The molecule has 5 heteroatoms. The quantitative estimate of drug-likeness (QED) is 0.777. The molecule has 1 aromatic carbocycles. The molecule has 0 bridgehead atoms. The highest BCUT2D eigenvalue weighted by molar-refractivity contribution is 5.41. The third kappa shape index (κ3) is 2.11. The molecule has 0 radical (unpaired) electrons. The van der Waals surface area contributed by atoms with Gasteiger partial charge in [-0.15, -0.1) is 13.2 Å². The van der Waals surface area contributed by atoms with E-state index < -0.39 is 11.8 Å². The highest BCUT2D eigenvalue weighted by Gasteiger charge is 2.44. The summed E-state index contributed by atoms with van der Waals surface area (Å²) in [5, 5.41) is 8.90. The lowest BCUT2D eigenvalue weighted by molar-refractivity contribution is -0.274. The topological polar surface area (TPSA) is 33.0 Å². The zero-order chi connectivity index (χ0) is 11.8. The maximum Gasteiger partial charge on any atom is 0.573 e. The van der Waals surface area contributed by atoms with E-state index in [0.29, 0.717) is 0 Å². The Balaban J connectivity index is 2.15. The molecule has 16 heavy (non-hydrogen) atoms.